The molecule has 10 nitrogen and oxygen atoms in total. The van der Waals surface area contributed by atoms with Crippen molar-refractivity contribution in [1.29, 1.82) is 0 Å². The number of epoxide rings is 1. The maximum atomic E-state index is 13.2. The Morgan fingerprint density at radius 1 is 1.09 bits per heavy atom. The molecule has 1 aromatic rings. The average molecular weight is 464 g/mol. The van der Waals surface area contributed by atoms with Crippen LogP contribution in [0.1, 0.15) is 25.8 Å². The second kappa shape index (κ2) is 10.8. The zero-order chi connectivity index (χ0) is 24.1. The van der Waals surface area contributed by atoms with E-state index in [1.54, 1.807) is 19.1 Å². The van der Waals surface area contributed by atoms with Gasteiger partial charge in [0.25, 0.3) is 5.91 Å². The van der Waals surface area contributed by atoms with Crippen molar-refractivity contribution in [2.24, 2.45) is 5.92 Å². The van der Waals surface area contributed by atoms with Crippen molar-refractivity contribution in [3.8, 4) is 11.5 Å². The highest BCUT2D eigenvalue weighted by atomic mass is 16.6. The number of carbonyl (C=O) groups is 3. The van der Waals surface area contributed by atoms with Crippen molar-refractivity contribution in [3.63, 3.8) is 0 Å². The fraction of sp³-hybridized carbons (Fsp3) is 0.609. The Balaban J connectivity index is 1.54. The molecule has 2 aliphatic rings. The first-order valence-corrected chi connectivity index (χ1v) is 11.1. The number of methoxy groups -OCH3 is 2. The molecule has 10 heteroatoms. The number of benzene rings is 1. The molecule has 3 rings (SSSR count). The minimum absolute atomic E-state index is 0.143. The summed E-state index contributed by atoms with van der Waals surface area (Å²) in [4.78, 5) is 40.5. The molecule has 0 spiro atoms. The van der Waals surface area contributed by atoms with Gasteiger partial charge >= 0.3 is 5.97 Å². The number of carboxylic acids is 1. The summed E-state index contributed by atoms with van der Waals surface area (Å²) in [5, 5.41) is 11.7. The van der Waals surface area contributed by atoms with Gasteiger partial charge < -0.3 is 29.5 Å². The molecule has 2 fully saturated rings. The number of rotatable bonds is 10. The summed E-state index contributed by atoms with van der Waals surface area (Å²) in [5.41, 5.74) is 1.09. The third-order valence-electron chi connectivity index (χ3n) is 5.85. The predicted octanol–water partition coefficient (Wildman–Crippen LogP) is 0.731. The molecule has 2 amide bonds. The monoisotopic (exact) mass is 463 g/mol. The summed E-state index contributed by atoms with van der Waals surface area (Å²) in [6.45, 7) is 7.18. The number of ether oxygens (including phenoxy) is 3. The molecule has 3 atom stereocenters. The van der Waals surface area contributed by atoms with Gasteiger partial charge in [-0.15, -0.1) is 0 Å². The first-order chi connectivity index (χ1) is 15.7. The molecule has 182 valence electrons. The highest BCUT2D eigenvalue weighted by Crippen LogP contribution is 2.28. The van der Waals surface area contributed by atoms with Crippen molar-refractivity contribution >= 4 is 17.8 Å². The fourth-order valence-corrected chi connectivity index (χ4v) is 4.03. The highest BCUT2D eigenvalue weighted by molar-refractivity contribution is 5.95. The average Bonchev–Trinajstić information content (AvgIpc) is 3.60. The van der Waals surface area contributed by atoms with Gasteiger partial charge in [-0.1, -0.05) is 19.9 Å². The normalized spacial score (nSPS) is 21.4. The number of amides is 2. The summed E-state index contributed by atoms with van der Waals surface area (Å²) in [6, 6.07) is 5.13. The Kier molecular flexibility index (Phi) is 8.15. The Bertz CT molecular complexity index is 868. The van der Waals surface area contributed by atoms with Gasteiger partial charge in [0.15, 0.2) is 23.7 Å². The van der Waals surface area contributed by atoms with E-state index in [4.69, 9.17) is 19.3 Å². The van der Waals surface area contributed by atoms with Crippen LogP contribution >= 0.6 is 0 Å². The summed E-state index contributed by atoms with van der Waals surface area (Å²) < 4.78 is 15.6. The number of piperazine rings is 1. The third kappa shape index (κ3) is 6.35. The lowest BCUT2D eigenvalue weighted by Crippen LogP contribution is -2.55. The second-order valence-electron chi connectivity index (χ2n) is 8.80. The second-order valence-corrected chi connectivity index (χ2v) is 8.80. The van der Waals surface area contributed by atoms with Gasteiger partial charge in [-0.3, -0.25) is 14.5 Å². The van der Waals surface area contributed by atoms with Crippen LogP contribution in [0.3, 0.4) is 0 Å². The zero-order valence-corrected chi connectivity index (χ0v) is 19.6. The molecule has 0 bridgehead atoms. The van der Waals surface area contributed by atoms with E-state index >= 15 is 0 Å². The summed E-state index contributed by atoms with van der Waals surface area (Å²) >= 11 is 0. The molecule has 0 aliphatic carbocycles. The molecule has 0 saturated carbocycles. The number of carboxylic acid groups (broad SMARTS) is 1. The quantitative estimate of drug-likeness (QED) is 0.487. The van der Waals surface area contributed by atoms with Gasteiger partial charge in [-0.25, -0.2) is 4.79 Å². The van der Waals surface area contributed by atoms with Crippen LogP contribution in [0.15, 0.2) is 18.2 Å². The molecular formula is C23H33N3O7. The largest absolute Gasteiger partial charge is 0.493 e. The lowest BCUT2D eigenvalue weighted by molar-refractivity contribution is -0.138. The summed E-state index contributed by atoms with van der Waals surface area (Å²) in [7, 11) is 3.21. The maximum absolute atomic E-state index is 13.2. The predicted molar refractivity (Wildman–Crippen MR) is 119 cm³/mol. The van der Waals surface area contributed by atoms with Gasteiger partial charge in [-0.2, -0.15) is 0 Å². The van der Waals surface area contributed by atoms with Crippen LogP contribution < -0.4 is 14.8 Å². The van der Waals surface area contributed by atoms with E-state index in [-0.39, 0.29) is 11.8 Å². The molecular weight excluding hydrogens is 430 g/mol. The summed E-state index contributed by atoms with van der Waals surface area (Å²) in [6.07, 6.45) is -1.68. The smallest absolute Gasteiger partial charge is 0.336 e. The number of hydrogen-bond acceptors (Lipinski definition) is 7. The van der Waals surface area contributed by atoms with Gasteiger partial charge in [-0.05, 0) is 30.0 Å². The van der Waals surface area contributed by atoms with Gasteiger partial charge in [0.2, 0.25) is 5.91 Å². The van der Waals surface area contributed by atoms with E-state index in [1.165, 1.54) is 0 Å². The lowest BCUT2D eigenvalue weighted by Gasteiger charge is -2.37. The first kappa shape index (κ1) is 24.8. The van der Waals surface area contributed by atoms with E-state index in [0.29, 0.717) is 44.1 Å². The van der Waals surface area contributed by atoms with Crippen LogP contribution in [-0.2, 0) is 25.7 Å². The van der Waals surface area contributed by atoms with Crippen LogP contribution in [0.4, 0.5) is 0 Å². The number of carbonyl (C=O) groups excluding carboxylic acids is 2. The van der Waals surface area contributed by atoms with Crippen molar-refractivity contribution in [3.05, 3.63) is 23.8 Å². The van der Waals surface area contributed by atoms with E-state index in [0.717, 1.165) is 12.1 Å². The van der Waals surface area contributed by atoms with E-state index in [1.807, 2.05) is 32.0 Å². The number of hydrogen-bond donors (Lipinski definition) is 2. The SMILES string of the molecule is COc1ccc(CN2CCN(C(=O)[C@H](CC(C)C)NC(=O)[C@@H]3O[C@H]3C(=O)O)CC2)cc1OC. The fourth-order valence-electron chi connectivity index (χ4n) is 4.03. The van der Waals surface area contributed by atoms with E-state index < -0.39 is 30.1 Å². The molecule has 2 aliphatic heterocycles. The Labute approximate surface area is 193 Å². The van der Waals surface area contributed by atoms with Crippen LogP contribution in [0.2, 0.25) is 0 Å². The first-order valence-electron chi connectivity index (χ1n) is 11.1. The van der Waals surface area contributed by atoms with Gasteiger partial charge in [0.05, 0.1) is 14.2 Å². The van der Waals surface area contributed by atoms with Gasteiger partial charge in [0, 0.05) is 32.7 Å². The van der Waals surface area contributed by atoms with E-state index in [9.17, 15) is 14.4 Å². The molecule has 2 N–H and O–H groups in total. The maximum Gasteiger partial charge on any atom is 0.336 e. The minimum Gasteiger partial charge on any atom is -0.493 e. The van der Waals surface area contributed by atoms with Crippen molar-refractivity contribution in [2.45, 2.75) is 45.1 Å². The number of nitrogens with zero attached hydrogens (tertiary/aromatic N) is 2. The highest BCUT2D eigenvalue weighted by Gasteiger charge is 2.51. The lowest BCUT2D eigenvalue weighted by atomic mass is 10.0. The molecule has 1 aromatic carbocycles. The molecule has 2 saturated heterocycles. The molecule has 33 heavy (non-hydrogen) atoms. The van der Waals surface area contributed by atoms with Crippen molar-refractivity contribution in [1.82, 2.24) is 15.1 Å². The zero-order valence-electron chi connectivity index (χ0n) is 19.6. The van der Waals surface area contributed by atoms with Crippen LogP contribution in [0, 0.1) is 5.92 Å². The number of nitrogens with one attached hydrogen (secondary N) is 1. The molecule has 0 radical (unpaired) electrons. The third-order valence-corrected chi connectivity index (χ3v) is 5.85. The topological polar surface area (TPSA) is 121 Å². The Hall–Kier alpha value is -2.85. The minimum atomic E-state index is -1.17. The summed E-state index contributed by atoms with van der Waals surface area (Å²) in [5.74, 6) is -0.320. The van der Waals surface area contributed by atoms with Gasteiger partial charge in [0.1, 0.15) is 6.04 Å². The van der Waals surface area contributed by atoms with Crippen molar-refractivity contribution in [2.75, 3.05) is 40.4 Å². The van der Waals surface area contributed by atoms with Crippen molar-refractivity contribution < 1.29 is 33.7 Å². The van der Waals surface area contributed by atoms with E-state index in [2.05, 4.69) is 10.2 Å². The molecule has 2 heterocycles. The number of aliphatic carboxylic acids is 1. The molecule has 0 unspecified atom stereocenters. The standard InChI is InChI=1S/C23H33N3O7/c1-14(2)11-16(24-21(27)19-20(33-19)23(29)30)22(28)26-9-7-25(8-10-26)13-15-5-6-17(31-3)18(12-15)32-4/h5-6,12,14,16,19-20H,7-11,13H2,1-4H3,(H,24,27)(H,29,30)/t16-,19+,20+/m0/s1. The molecule has 0 aromatic heterocycles. The Morgan fingerprint density at radius 2 is 1.76 bits per heavy atom. The van der Waals surface area contributed by atoms with Crippen LogP contribution in [-0.4, -0.2) is 91.3 Å². The Morgan fingerprint density at radius 3 is 2.30 bits per heavy atom. The van der Waals surface area contributed by atoms with Crippen LogP contribution in [0.25, 0.3) is 0 Å². The van der Waals surface area contributed by atoms with Crippen LogP contribution in [0.5, 0.6) is 11.5 Å².